The average molecular weight is 305 g/mol. The molecule has 2 atom stereocenters. The number of carbonyl (C=O) groups is 1. The van der Waals surface area contributed by atoms with Crippen molar-refractivity contribution in [2.75, 3.05) is 13.2 Å². The Bertz CT molecular complexity index is 556. The van der Waals surface area contributed by atoms with Gasteiger partial charge in [-0.15, -0.1) is 0 Å². The van der Waals surface area contributed by atoms with Crippen LogP contribution in [0.15, 0.2) is 36.4 Å². The van der Waals surface area contributed by atoms with Crippen LogP contribution in [0.1, 0.15) is 12.0 Å². The van der Waals surface area contributed by atoms with Crippen LogP contribution in [0.3, 0.4) is 0 Å². The third-order valence-corrected chi connectivity index (χ3v) is 3.57. The van der Waals surface area contributed by atoms with Gasteiger partial charge in [-0.25, -0.2) is 4.79 Å². The lowest BCUT2D eigenvalue weighted by molar-refractivity contribution is -0.384. The van der Waals surface area contributed by atoms with Crippen LogP contribution in [0, 0.1) is 16.0 Å². The van der Waals surface area contributed by atoms with E-state index in [9.17, 15) is 14.9 Å². The number of urea groups is 1. The number of nitrogens with one attached hydrogen (secondary N) is 2. The van der Waals surface area contributed by atoms with Crippen molar-refractivity contribution in [1.82, 2.24) is 10.6 Å². The molecule has 2 amide bonds. The van der Waals surface area contributed by atoms with E-state index in [4.69, 9.17) is 5.11 Å². The second kappa shape index (κ2) is 7.56. The second-order valence-electron chi connectivity index (χ2n) is 5.24. The van der Waals surface area contributed by atoms with Crippen molar-refractivity contribution >= 4 is 11.7 Å². The van der Waals surface area contributed by atoms with Crippen LogP contribution in [0.5, 0.6) is 0 Å². The Labute approximate surface area is 128 Å². The van der Waals surface area contributed by atoms with E-state index in [0.29, 0.717) is 19.4 Å². The molecule has 0 bridgehead atoms. The summed E-state index contributed by atoms with van der Waals surface area (Å²) in [4.78, 5) is 21.8. The largest absolute Gasteiger partial charge is 0.396 e. The summed E-state index contributed by atoms with van der Waals surface area (Å²) in [7, 11) is 0. The molecule has 2 rings (SSSR count). The number of rotatable bonds is 6. The molecule has 22 heavy (non-hydrogen) atoms. The predicted molar refractivity (Wildman–Crippen MR) is 81.5 cm³/mol. The summed E-state index contributed by atoms with van der Waals surface area (Å²) in [5.41, 5.74) is 0.980. The molecule has 0 heterocycles. The number of nitro benzene ring substituents is 1. The van der Waals surface area contributed by atoms with Crippen molar-refractivity contribution in [1.29, 1.82) is 0 Å². The first-order valence-corrected chi connectivity index (χ1v) is 7.15. The lowest BCUT2D eigenvalue weighted by Gasteiger charge is -2.13. The van der Waals surface area contributed by atoms with E-state index in [1.54, 1.807) is 12.1 Å². The quantitative estimate of drug-likeness (QED) is 0.419. The molecule has 0 radical (unpaired) electrons. The molecule has 0 saturated carbocycles. The number of nitrogens with zero attached hydrogens (tertiary/aromatic N) is 1. The topological polar surface area (TPSA) is 104 Å². The summed E-state index contributed by atoms with van der Waals surface area (Å²) in [5.74, 6) is 0.116. The number of nitro groups is 1. The van der Waals surface area contributed by atoms with E-state index in [1.807, 2.05) is 12.2 Å². The molecule has 0 fully saturated rings. The van der Waals surface area contributed by atoms with Crippen molar-refractivity contribution in [2.45, 2.75) is 18.9 Å². The van der Waals surface area contributed by atoms with Gasteiger partial charge < -0.3 is 15.7 Å². The van der Waals surface area contributed by atoms with Gasteiger partial charge in [0.15, 0.2) is 0 Å². The zero-order chi connectivity index (χ0) is 15.9. The lowest BCUT2D eigenvalue weighted by Crippen LogP contribution is -2.41. The SMILES string of the molecule is O=C(NCCc1ccc([N+](=O)[O-])cc1)N[C@@H]1C=C[C@H](CO)C1. The normalized spacial score (nSPS) is 19.9. The van der Waals surface area contributed by atoms with E-state index >= 15 is 0 Å². The molecular weight excluding hydrogens is 286 g/mol. The molecule has 3 N–H and O–H groups in total. The predicted octanol–water partition coefficient (Wildman–Crippen LogP) is 1.37. The molecule has 1 aromatic rings. The smallest absolute Gasteiger partial charge is 0.315 e. The molecule has 0 unspecified atom stereocenters. The molecule has 0 aromatic heterocycles. The van der Waals surface area contributed by atoms with Gasteiger partial charge >= 0.3 is 6.03 Å². The Morgan fingerprint density at radius 1 is 1.32 bits per heavy atom. The van der Waals surface area contributed by atoms with Gasteiger partial charge in [0.1, 0.15) is 0 Å². The molecular formula is C15H19N3O4. The standard InChI is InChI=1S/C15H19N3O4/c19-10-12-1-4-13(9-12)17-15(20)16-8-7-11-2-5-14(6-3-11)18(21)22/h1-6,12-13,19H,7-10H2,(H2,16,17,20)/t12-,13+/m0/s1. The van der Waals surface area contributed by atoms with E-state index in [-0.39, 0.29) is 30.3 Å². The number of hydrogen-bond donors (Lipinski definition) is 3. The van der Waals surface area contributed by atoms with E-state index < -0.39 is 4.92 Å². The van der Waals surface area contributed by atoms with Crippen LogP contribution in [-0.4, -0.2) is 35.3 Å². The molecule has 0 spiro atoms. The van der Waals surface area contributed by atoms with E-state index in [1.165, 1.54) is 12.1 Å². The minimum absolute atomic E-state index is 0.0449. The number of benzene rings is 1. The van der Waals surface area contributed by atoms with E-state index in [2.05, 4.69) is 10.6 Å². The van der Waals surface area contributed by atoms with Gasteiger partial charge in [-0.2, -0.15) is 0 Å². The summed E-state index contributed by atoms with van der Waals surface area (Å²) < 4.78 is 0. The second-order valence-corrected chi connectivity index (χ2v) is 5.24. The van der Waals surface area contributed by atoms with Crippen molar-refractivity contribution in [3.05, 3.63) is 52.1 Å². The maximum atomic E-state index is 11.7. The number of aliphatic hydroxyl groups excluding tert-OH is 1. The zero-order valence-corrected chi connectivity index (χ0v) is 12.1. The molecule has 1 aliphatic rings. The lowest BCUT2D eigenvalue weighted by atomic mass is 10.1. The summed E-state index contributed by atoms with van der Waals surface area (Å²) in [5, 5.41) is 25.1. The first kappa shape index (κ1) is 16.0. The molecule has 118 valence electrons. The van der Waals surface area contributed by atoms with Crippen molar-refractivity contribution in [3.8, 4) is 0 Å². The minimum Gasteiger partial charge on any atom is -0.396 e. The van der Waals surface area contributed by atoms with Crippen molar-refractivity contribution < 1.29 is 14.8 Å². The number of non-ortho nitro benzene ring substituents is 1. The minimum atomic E-state index is -0.440. The third kappa shape index (κ3) is 4.56. The van der Waals surface area contributed by atoms with Gasteiger partial charge in [0, 0.05) is 37.2 Å². The Morgan fingerprint density at radius 3 is 2.64 bits per heavy atom. The molecule has 1 aliphatic carbocycles. The summed E-state index contributed by atoms with van der Waals surface area (Å²) in [6.45, 7) is 0.542. The summed E-state index contributed by atoms with van der Waals surface area (Å²) >= 11 is 0. The Kier molecular flexibility index (Phi) is 5.48. The zero-order valence-electron chi connectivity index (χ0n) is 12.1. The molecule has 7 nitrogen and oxygen atoms in total. The number of carbonyl (C=O) groups excluding carboxylic acids is 1. The van der Waals surface area contributed by atoms with Gasteiger partial charge in [-0.1, -0.05) is 24.3 Å². The van der Waals surface area contributed by atoms with Gasteiger partial charge in [-0.3, -0.25) is 10.1 Å². The van der Waals surface area contributed by atoms with Crippen molar-refractivity contribution in [2.24, 2.45) is 5.92 Å². The fourth-order valence-electron chi connectivity index (χ4n) is 2.34. The van der Waals surface area contributed by atoms with E-state index in [0.717, 1.165) is 5.56 Å². The van der Waals surface area contributed by atoms with Gasteiger partial charge in [0.05, 0.1) is 4.92 Å². The van der Waals surface area contributed by atoms with Crippen LogP contribution in [0.25, 0.3) is 0 Å². The van der Waals surface area contributed by atoms with Gasteiger partial charge in [-0.05, 0) is 18.4 Å². The molecule has 0 aliphatic heterocycles. The molecule has 0 saturated heterocycles. The highest BCUT2D eigenvalue weighted by molar-refractivity contribution is 5.74. The third-order valence-electron chi connectivity index (χ3n) is 3.57. The first-order chi connectivity index (χ1) is 10.6. The monoisotopic (exact) mass is 305 g/mol. The first-order valence-electron chi connectivity index (χ1n) is 7.15. The van der Waals surface area contributed by atoms with Crippen LogP contribution in [0.4, 0.5) is 10.5 Å². The van der Waals surface area contributed by atoms with Crippen molar-refractivity contribution in [3.63, 3.8) is 0 Å². The molecule has 1 aromatic carbocycles. The fourth-order valence-corrected chi connectivity index (χ4v) is 2.34. The Morgan fingerprint density at radius 2 is 2.05 bits per heavy atom. The van der Waals surface area contributed by atoms with Crippen LogP contribution in [-0.2, 0) is 6.42 Å². The van der Waals surface area contributed by atoms with Crippen LogP contribution in [0.2, 0.25) is 0 Å². The Balaban J connectivity index is 1.69. The highest BCUT2D eigenvalue weighted by atomic mass is 16.6. The average Bonchev–Trinajstić information content (AvgIpc) is 2.95. The summed E-state index contributed by atoms with van der Waals surface area (Å²) in [6, 6.07) is 5.97. The summed E-state index contributed by atoms with van der Waals surface area (Å²) in [6.07, 6.45) is 5.11. The fraction of sp³-hybridized carbons (Fsp3) is 0.400. The number of hydrogen-bond acceptors (Lipinski definition) is 4. The van der Waals surface area contributed by atoms with Gasteiger partial charge in [0.2, 0.25) is 0 Å². The van der Waals surface area contributed by atoms with Crippen LogP contribution < -0.4 is 10.6 Å². The number of aliphatic hydroxyl groups is 1. The maximum Gasteiger partial charge on any atom is 0.315 e. The highest BCUT2D eigenvalue weighted by Gasteiger charge is 2.19. The number of amides is 2. The Hall–Kier alpha value is -2.41. The van der Waals surface area contributed by atoms with Gasteiger partial charge in [0.25, 0.3) is 5.69 Å². The highest BCUT2D eigenvalue weighted by Crippen LogP contribution is 2.16. The maximum absolute atomic E-state index is 11.7. The molecule has 7 heteroatoms. The van der Waals surface area contributed by atoms with Crippen LogP contribution >= 0.6 is 0 Å².